The molecule has 1 fully saturated rings. The first kappa shape index (κ1) is 14.0. The molecule has 1 saturated heterocycles. The molecule has 2 heteroatoms. The highest BCUT2D eigenvalue weighted by Gasteiger charge is 2.38. The maximum Gasteiger partial charge on any atom is 0.0306 e. The lowest BCUT2D eigenvalue weighted by Crippen LogP contribution is -2.53. The van der Waals surface area contributed by atoms with Gasteiger partial charge in [0.1, 0.15) is 0 Å². The van der Waals surface area contributed by atoms with Crippen molar-refractivity contribution < 1.29 is 0 Å². The van der Waals surface area contributed by atoms with Crippen molar-refractivity contribution in [2.24, 2.45) is 17.6 Å². The van der Waals surface area contributed by atoms with Crippen molar-refractivity contribution >= 4 is 0 Å². The summed E-state index contributed by atoms with van der Waals surface area (Å²) in [4.78, 5) is 2.65. The zero-order chi connectivity index (χ0) is 12.3. The molecule has 16 heavy (non-hydrogen) atoms. The van der Waals surface area contributed by atoms with Crippen LogP contribution in [0.2, 0.25) is 0 Å². The standard InChI is InChI=1S/C14H30N2/c1-11(2)6-7-14(5,10-15)16-9-12(3)8-13(16)4/h11-13H,6-10,15H2,1-5H3. The summed E-state index contributed by atoms with van der Waals surface area (Å²) in [5.74, 6) is 1.61. The van der Waals surface area contributed by atoms with Crippen molar-refractivity contribution in [2.45, 2.75) is 65.5 Å². The highest BCUT2D eigenvalue weighted by atomic mass is 15.2. The zero-order valence-corrected chi connectivity index (χ0v) is 11.8. The summed E-state index contributed by atoms with van der Waals surface area (Å²) >= 11 is 0. The molecule has 1 aliphatic heterocycles. The van der Waals surface area contributed by atoms with Crippen LogP contribution in [0.3, 0.4) is 0 Å². The van der Waals surface area contributed by atoms with Gasteiger partial charge < -0.3 is 5.73 Å². The minimum Gasteiger partial charge on any atom is -0.329 e. The van der Waals surface area contributed by atoms with E-state index in [1.165, 1.54) is 25.8 Å². The Labute approximate surface area is 102 Å². The number of hydrogen-bond acceptors (Lipinski definition) is 2. The SMILES string of the molecule is CC(C)CCC(C)(CN)N1CC(C)CC1C. The molecule has 0 spiro atoms. The molecule has 96 valence electrons. The molecule has 1 aliphatic rings. The first-order valence-electron chi connectivity index (χ1n) is 6.86. The van der Waals surface area contributed by atoms with Gasteiger partial charge >= 0.3 is 0 Å². The van der Waals surface area contributed by atoms with Crippen LogP contribution >= 0.6 is 0 Å². The predicted molar refractivity (Wildman–Crippen MR) is 71.5 cm³/mol. The summed E-state index contributed by atoms with van der Waals surface area (Å²) in [6.07, 6.45) is 3.85. The van der Waals surface area contributed by atoms with Gasteiger partial charge in [0.05, 0.1) is 0 Å². The molecule has 1 heterocycles. The van der Waals surface area contributed by atoms with Gasteiger partial charge in [0.2, 0.25) is 0 Å². The largest absolute Gasteiger partial charge is 0.329 e. The Morgan fingerprint density at radius 1 is 1.38 bits per heavy atom. The summed E-state index contributed by atoms with van der Waals surface area (Å²) in [6, 6.07) is 0.704. The number of nitrogens with zero attached hydrogens (tertiary/aromatic N) is 1. The van der Waals surface area contributed by atoms with E-state index in [2.05, 4.69) is 39.5 Å². The van der Waals surface area contributed by atoms with E-state index in [1.807, 2.05) is 0 Å². The van der Waals surface area contributed by atoms with Crippen LogP contribution in [-0.2, 0) is 0 Å². The molecule has 0 aliphatic carbocycles. The Bertz CT molecular complexity index is 215. The maximum absolute atomic E-state index is 6.04. The third kappa shape index (κ3) is 3.21. The van der Waals surface area contributed by atoms with Gasteiger partial charge in [0.15, 0.2) is 0 Å². The van der Waals surface area contributed by atoms with Gasteiger partial charge in [-0.05, 0) is 44.9 Å². The molecule has 0 bridgehead atoms. The quantitative estimate of drug-likeness (QED) is 0.781. The molecule has 1 rings (SSSR count). The van der Waals surface area contributed by atoms with Gasteiger partial charge in [-0.25, -0.2) is 0 Å². The third-order valence-corrected chi connectivity index (χ3v) is 4.18. The Morgan fingerprint density at radius 2 is 2.00 bits per heavy atom. The van der Waals surface area contributed by atoms with E-state index >= 15 is 0 Å². The van der Waals surface area contributed by atoms with Crippen molar-refractivity contribution in [3.63, 3.8) is 0 Å². The smallest absolute Gasteiger partial charge is 0.0306 e. The van der Waals surface area contributed by atoms with E-state index in [0.717, 1.165) is 18.4 Å². The third-order valence-electron chi connectivity index (χ3n) is 4.18. The molecule has 0 radical (unpaired) electrons. The first-order chi connectivity index (χ1) is 7.39. The lowest BCUT2D eigenvalue weighted by atomic mass is 9.89. The minimum absolute atomic E-state index is 0.217. The average Bonchev–Trinajstić information content (AvgIpc) is 2.55. The predicted octanol–water partition coefficient (Wildman–Crippen LogP) is 2.87. The zero-order valence-electron chi connectivity index (χ0n) is 11.8. The summed E-state index contributed by atoms with van der Waals surface area (Å²) in [6.45, 7) is 13.7. The van der Waals surface area contributed by atoms with E-state index in [0.29, 0.717) is 6.04 Å². The topological polar surface area (TPSA) is 29.3 Å². The van der Waals surface area contributed by atoms with Crippen molar-refractivity contribution in [2.75, 3.05) is 13.1 Å². The molecule has 2 N–H and O–H groups in total. The lowest BCUT2D eigenvalue weighted by Gasteiger charge is -2.41. The second kappa shape index (κ2) is 5.50. The number of nitrogens with two attached hydrogens (primary N) is 1. The summed E-state index contributed by atoms with van der Waals surface area (Å²) in [5, 5.41) is 0. The normalized spacial score (nSPS) is 30.9. The first-order valence-corrected chi connectivity index (χ1v) is 6.86. The Hall–Kier alpha value is -0.0800. The molecular weight excluding hydrogens is 196 g/mol. The molecule has 3 atom stereocenters. The van der Waals surface area contributed by atoms with Crippen molar-refractivity contribution in [3.8, 4) is 0 Å². The fraction of sp³-hybridized carbons (Fsp3) is 1.00. The molecule has 0 amide bonds. The van der Waals surface area contributed by atoms with E-state index in [4.69, 9.17) is 5.73 Å². The summed E-state index contributed by atoms with van der Waals surface area (Å²) < 4.78 is 0. The van der Waals surface area contributed by atoms with E-state index in [-0.39, 0.29) is 5.54 Å². The van der Waals surface area contributed by atoms with Gasteiger partial charge in [-0.15, -0.1) is 0 Å². The van der Waals surface area contributed by atoms with Gasteiger partial charge in [0.25, 0.3) is 0 Å². The van der Waals surface area contributed by atoms with Crippen LogP contribution in [0.4, 0.5) is 0 Å². The second-order valence-electron chi connectivity index (χ2n) is 6.48. The van der Waals surface area contributed by atoms with E-state index in [9.17, 15) is 0 Å². The van der Waals surface area contributed by atoms with Crippen LogP contribution in [0.15, 0.2) is 0 Å². The molecule has 0 saturated carbocycles. The second-order valence-corrected chi connectivity index (χ2v) is 6.48. The van der Waals surface area contributed by atoms with Gasteiger partial charge in [-0.2, -0.15) is 0 Å². The van der Waals surface area contributed by atoms with Crippen LogP contribution in [0, 0.1) is 11.8 Å². The van der Waals surface area contributed by atoms with Crippen LogP contribution < -0.4 is 5.73 Å². The average molecular weight is 226 g/mol. The number of likely N-dealkylation sites (tertiary alicyclic amines) is 1. The highest BCUT2D eigenvalue weighted by Crippen LogP contribution is 2.32. The van der Waals surface area contributed by atoms with E-state index in [1.54, 1.807) is 0 Å². The lowest BCUT2D eigenvalue weighted by molar-refractivity contribution is 0.0870. The van der Waals surface area contributed by atoms with Crippen LogP contribution in [0.1, 0.15) is 53.9 Å². The minimum atomic E-state index is 0.217. The van der Waals surface area contributed by atoms with Crippen LogP contribution in [0.25, 0.3) is 0 Å². The molecule has 0 aromatic heterocycles. The van der Waals surface area contributed by atoms with Crippen LogP contribution in [-0.4, -0.2) is 29.6 Å². The van der Waals surface area contributed by atoms with Gasteiger partial charge in [-0.3, -0.25) is 4.90 Å². The molecule has 0 aromatic carbocycles. The van der Waals surface area contributed by atoms with Crippen LogP contribution in [0.5, 0.6) is 0 Å². The summed E-state index contributed by atoms with van der Waals surface area (Å²) in [7, 11) is 0. The molecular formula is C14H30N2. The molecule has 0 aromatic rings. The Morgan fingerprint density at radius 3 is 2.38 bits per heavy atom. The highest BCUT2D eigenvalue weighted by molar-refractivity contribution is 4.95. The molecule has 2 nitrogen and oxygen atoms in total. The Balaban J connectivity index is 2.64. The number of hydrogen-bond donors (Lipinski definition) is 1. The van der Waals surface area contributed by atoms with Crippen molar-refractivity contribution in [3.05, 3.63) is 0 Å². The van der Waals surface area contributed by atoms with Gasteiger partial charge in [0, 0.05) is 24.7 Å². The van der Waals surface area contributed by atoms with E-state index < -0.39 is 0 Å². The van der Waals surface area contributed by atoms with Crippen molar-refractivity contribution in [1.29, 1.82) is 0 Å². The van der Waals surface area contributed by atoms with Crippen molar-refractivity contribution in [1.82, 2.24) is 4.90 Å². The molecule has 3 unspecified atom stereocenters. The summed E-state index contributed by atoms with van der Waals surface area (Å²) in [5.41, 5.74) is 6.26. The fourth-order valence-electron chi connectivity index (χ4n) is 3.01. The fourth-order valence-corrected chi connectivity index (χ4v) is 3.01. The monoisotopic (exact) mass is 226 g/mol. The maximum atomic E-state index is 6.04. The number of rotatable bonds is 5. The Kier molecular flexibility index (Phi) is 4.81. The van der Waals surface area contributed by atoms with Gasteiger partial charge in [-0.1, -0.05) is 20.8 Å².